The molecule has 2 rings (SSSR count). The van der Waals surface area contributed by atoms with Gasteiger partial charge in [0.2, 0.25) is 0 Å². The highest BCUT2D eigenvalue weighted by atomic mass is 32.2. The van der Waals surface area contributed by atoms with E-state index in [1.165, 1.54) is 12.7 Å². The predicted molar refractivity (Wildman–Crippen MR) is 105 cm³/mol. The molecule has 0 aliphatic rings. The van der Waals surface area contributed by atoms with Crippen LogP contribution in [0.25, 0.3) is 0 Å². The van der Waals surface area contributed by atoms with Crippen LogP contribution in [-0.4, -0.2) is 20.7 Å². The summed E-state index contributed by atoms with van der Waals surface area (Å²) in [6.45, 7) is 4.37. The Morgan fingerprint density at radius 2 is 1.60 bits per heavy atom. The zero-order valence-electron chi connectivity index (χ0n) is 15.4. The summed E-state index contributed by atoms with van der Waals surface area (Å²) in [6.07, 6.45) is 5.72. The fourth-order valence-electron chi connectivity index (χ4n) is 3.16. The topological polar surface area (TPSA) is 46.2 Å². The molecule has 3 nitrogen and oxygen atoms in total. The molecule has 2 aromatic rings. The van der Waals surface area contributed by atoms with E-state index in [1.54, 1.807) is 12.1 Å². The molecule has 0 bridgehead atoms. The molecule has 136 valence electrons. The van der Waals surface area contributed by atoms with Crippen molar-refractivity contribution in [2.45, 2.75) is 56.5 Å². The maximum Gasteiger partial charge on any atom is 0.175 e. The minimum atomic E-state index is -3.29. The van der Waals surface area contributed by atoms with Gasteiger partial charge >= 0.3 is 0 Å². The summed E-state index contributed by atoms with van der Waals surface area (Å²) in [7, 11) is -3.29. The second kappa shape index (κ2) is 9.16. The molecule has 2 atom stereocenters. The summed E-state index contributed by atoms with van der Waals surface area (Å²) in [4.78, 5) is 0.404. The summed E-state index contributed by atoms with van der Waals surface area (Å²) < 4.78 is 24.6. The Kier molecular flexibility index (Phi) is 7.21. The van der Waals surface area contributed by atoms with Gasteiger partial charge in [0.15, 0.2) is 9.84 Å². The van der Waals surface area contributed by atoms with E-state index in [9.17, 15) is 8.42 Å². The van der Waals surface area contributed by atoms with Gasteiger partial charge in [-0.3, -0.25) is 0 Å². The molecule has 0 fully saturated rings. The van der Waals surface area contributed by atoms with Crippen molar-refractivity contribution in [1.29, 1.82) is 0 Å². The second-order valence-electron chi connectivity index (χ2n) is 6.57. The Labute approximate surface area is 152 Å². The average Bonchev–Trinajstić information content (AvgIpc) is 2.62. The summed E-state index contributed by atoms with van der Waals surface area (Å²) in [5, 5.41) is 3.72. The van der Waals surface area contributed by atoms with Crippen molar-refractivity contribution < 1.29 is 8.42 Å². The molecule has 25 heavy (non-hydrogen) atoms. The fraction of sp³-hybridized carbons (Fsp3) is 0.429. The number of rotatable bonds is 9. The maximum absolute atomic E-state index is 12.3. The molecule has 0 saturated carbocycles. The third kappa shape index (κ3) is 5.41. The van der Waals surface area contributed by atoms with Crippen LogP contribution in [0.1, 0.15) is 56.7 Å². The predicted octanol–water partition coefficient (Wildman–Crippen LogP) is 4.74. The first-order chi connectivity index (χ1) is 12.0. The van der Waals surface area contributed by atoms with Crippen molar-refractivity contribution in [3.8, 4) is 0 Å². The monoisotopic (exact) mass is 359 g/mol. The molecule has 2 unspecified atom stereocenters. The van der Waals surface area contributed by atoms with Gasteiger partial charge in [0.25, 0.3) is 0 Å². The Morgan fingerprint density at radius 1 is 0.960 bits per heavy atom. The van der Waals surface area contributed by atoms with Gasteiger partial charge in [0.1, 0.15) is 0 Å². The Balaban J connectivity index is 2.46. The number of hydrogen-bond acceptors (Lipinski definition) is 3. The van der Waals surface area contributed by atoms with Gasteiger partial charge in [0.05, 0.1) is 10.9 Å². The van der Waals surface area contributed by atoms with Crippen LogP contribution < -0.4 is 5.32 Å². The van der Waals surface area contributed by atoms with Crippen LogP contribution in [0, 0.1) is 0 Å². The Morgan fingerprint density at radius 3 is 2.20 bits per heavy atom. The minimum Gasteiger partial charge on any atom is -0.303 e. The highest BCUT2D eigenvalue weighted by molar-refractivity contribution is 7.90. The molecule has 0 aliphatic heterocycles. The lowest BCUT2D eigenvalue weighted by atomic mass is 9.96. The highest BCUT2D eigenvalue weighted by Crippen LogP contribution is 2.29. The SMILES string of the molecule is CCCCC(CC)NC(c1ccccc1)c1ccccc1S(C)(=O)=O. The molecule has 0 amide bonds. The van der Waals surface area contributed by atoms with Crippen molar-refractivity contribution in [2.75, 3.05) is 6.26 Å². The van der Waals surface area contributed by atoms with Gasteiger partial charge in [-0.2, -0.15) is 0 Å². The largest absolute Gasteiger partial charge is 0.303 e. The normalized spacial score (nSPS) is 14.2. The number of benzene rings is 2. The van der Waals surface area contributed by atoms with Crippen molar-refractivity contribution in [1.82, 2.24) is 5.32 Å². The zero-order valence-corrected chi connectivity index (χ0v) is 16.2. The first kappa shape index (κ1) is 19.7. The minimum absolute atomic E-state index is 0.131. The number of unbranched alkanes of at least 4 members (excludes halogenated alkanes) is 1. The second-order valence-corrected chi connectivity index (χ2v) is 8.55. The van der Waals surface area contributed by atoms with Crippen LogP contribution in [-0.2, 0) is 9.84 Å². The van der Waals surface area contributed by atoms with E-state index in [-0.39, 0.29) is 6.04 Å². The lowest BCUT2D eigenvalue weighted by molar-refractivity contribution is 0.419. The molecular weight excluding hydrogens is 330 g/mol. The molecule has 0 aromatic heterocycles. The fourth-order valence-corrected chi connectivity index (χ4v) is 4.10. The quantitative estimate of drug-likeness (QED) is 0.703. The highest BCUT2D eigenvalue weighted by Gasteiger charge is 2.23. The summed E-state index contributed by atoms with van der Waals surface area (Å²) in [6, 6.07) is 17.7. The van der Waals surface area contributed by atoms with Gasteiger partial charge < -0.3 is 5.32 Å². The van der Waals surface area contributed by atoms with E-state index < -0.39 is 9.84 Å². The third-order valence-electron chi connectivity index (χ3n) is 4.56. The smallest absolute Gasteiger partial charge is 0.175 e. The molecule has 2 aromatic carbocycles. The summed E-state index contributed by atoms with van der Waals surface area (Å²) >= 11 is 0. The Bertz CT molecular complexity index is 756. The molecular formula is C21H29NO2S. The third-order valence-corrected chi connectivity index (χ3v) is 5.73. The lowest BCUT2D eigenvalue weighted by Crippen LogP contribution is -2.33. The number of nitrogens with one attached hydrogen (secondary N) is 1. The summed E-state index contributed by atoms with van der Waals surface area (Å²) in [5.74, 6) is 0. The lowest BCUT2D eigenvalue weighted by Gasteiger charge is -2.27. The van der Waals surface area contributed by atoms with E-state index in [1.807, 2.05) is 30.3 Å². The first-order valence-electron chi connectivity index (χ1n) is 9.07. The van der Waals surface area contributed by atoms with Crippen molar-refractivity contribution >= 4 is 9.84 Å². The first-order valence-corrected chi connectivity index (χ1v) is 11.0. The molecule has 0 saturated heterocycles. The molecule has 1 N–H and O–H groups in total. The molecule has 4 heteroatoms. The van der Waals surface area contributed by atoms with Crippen LogP contribution in [0.5, 0.6) is 0 Å². The van der Waals surface area contributed by atoms with E-state index in [0.29, 0.717) is 10.9 Å². The van der Waals surface area contributed by atoms with Crippen LogP contribution in [0.3, 0.4) is 0 Å². The van der Waals surface area contributed by atoms with Crippen LogP contribution in [0.4, 0.5) is 0 Å². The van der Waals surface area contributed by atoms with Gasteiger partial charge in [-0.1, -0.05) is 75.2 Å². The Hall–Kier alpha value is -1.65. The molecule has 0 spiro atoms. The van der Waals surface area contributed by atoms with Gasteiger partial charge in [0, 0.05) is 12.3 Å². The van der Waals surface area contributed by atoms with Crippen LogP contribution >= 0.6 is 0 Å². The van der Waals surface area contributed by atoms with Crippen LogP contribution in [0.2, 0.25) is 0 Å². The van der Waals surface area contributed by atoms with E-state index in [0.717, 1.165) is 30.4 Å². The molecule has 0 heterocycles. The van der Waals surface area contributed by atoms with Gasteiger partial charge in [-0.15, -0.1) is 0 Å². The van der Waals surface area contributed by atoms with Crippen molar-refractivity contribution in [3.05, 3.63) is 65.7 Å². The van der Waals surface area contributed by atoms with Crippen molar-refractivity contribution in [2.24, 2.45) is 0 Å². The van der Waals surface area contributed by atoms with Gasteiger partial charge in [-0.25, -0.2) is 8.42 Å². The molecule has 0 aliphatic carbocycles. The molecule has 0 radical (unpaired) electrons. The van der Waals surface area contributed by atoms with Crippen LogP contribution in [0.15, 0.2) is 59.5 Å². The summed E-state index contributed by atoms with van der Waals surface area (Å²) in [5.41, 5.74) is 1.92. The van der Waals surface area contributed by atoms with E-state index in [4.69, 9.17) is 0 Å². The standard InChI is InChI=1S/C21H29NO2S/c1-4-6-14-18(5-2)22-21(17-12-8-7-9-13-17)19-15-10-11-16-20(19)25(3,23)24/h7-13,15-16,18,21-22H,4-6,14H2,1-3H3. The van der Waals surface area contributed by atoms with Gasteiger partial charge in [-0.05, 0) is 30.0 Å². The number of hydrogen-bond donors (Lipinski definition) is 1. The van der Waals surface area contributed by atoms with Crippen molar-refractivity contribution in [3.63, 3.8) is 0 Å². The zero-order chi connectivity index (χ0) is 18.3. The van der Waals surface area contributed by atoms with E-state index in [2.05, 4.69) is 31.3 Å². The number of sulfone groups is 1. The van der Waals surface area contributed by atoms with E-state index >= 15 is 0 Å². The average molecular weight is 360 g/mol. The maximum atomic E-state index is 12.3.